The van der Waals surface area contributed by atoms with E-state index in [4.69, 9.17) is 0 Å². The van der Waals surface area contributed by atoms with Gasteiger partial charge in [0.25, 0.3) is 0 Å². The quantitative estimate of drug-likeness (QED) is 0.476. The molecule has 0 unspecified atom stereocenters. The largest absolute Gasteiger partial charge is 0.265 e. The molecule has 2 rings (SSSR count). The lowest BCUT2D eigenvalue weighted by Crippen LogP contribution is -1.97. The summed E-state index contributed by atoms with van der Waals surface area (Å²) >= 11 is 0. The Bertz CT molecular complexity index is 133. The number of nitrogens with zero attached hydrogens (tertiary/aromatic N) is 2. The summed E-state index contributed by atoms with van der Waals surface area (Å²) in [6.45, 7) is 0. The predicted molar refractivity (Wildman–Crippen MR) is 33.5 cm³/mol. The van der Waals surface area contributed by atoms with Crippen molar-refractivity contribution in [2.24, 2.45) is 15.9 Å². The SMILES string of the molecule is C1=NC(C2CC2)N=C1. The van der Waals surface area contributed by atoms with Gasteiger partial charge in [-0.1, -0.05) is 0 Å². The van der Waals surface area contributed by atoms with Gasteiger partial charge in [0.15, 0.2) is 0 Å². The van der Waals surface area contributed by atoms with Crippen LogP contribution in [-0.4, -0.2) is 18.6 Å². The van der Waals surface area contributed by atoms with Crippen LogP contribution < -0.4 is 0 Å². The van der Waals surface area contributed by atoms with Gasteiger partial charge in [0.05, 0.1) is 0 Å². The fraction of sp³-hybridized carbons (Fsp3) is 0.667. The molecule has 0 saturated heterocycles. The van der Waals surface area contributed by atoms with Crippen molar-refractivity contribution in [2.45, 2.75) is 19.0 Å². The van der Waals surface area contributed by atoms with Crippen molar-refractivity contribution in [3.8, 4) is 0 Å². The van der Waals surface area contributed by atoms with Crippen LogP contribution in [0.2, 0.25) is 0 Å². The molecule has 1 aliphatic heterocycles. The zero-order valence-corrected chi connectivity index (χ0v) is 4.62. The summed E-state index contributed by atoms with van der Waals surface area (Å²) in [5, 5.41) is 0. The molecular formula is C6H8N2. The zero-order valence-electron chi connectivity index (χ0n) is 4.62. The molecule has 1 saturated carbocycles. The predicted octanol–water partition coefficient (Wildman–Crippen LogP) is 0.878. The standard InChI is InChI=1S/C6H8N2/c1-2-5(1)6-7-3-4-8-6/h3-6H,1-2H2. The maximum atomic E-state index is 4.15. The van der Waals surface area contributed by atoms with Gasteiger partial charge < -0.3 is 0 Å². The lowest BCUT2D eigenvalue weighted by Gasteiger charge is -1.96. The van der Waals surface area contributed by atoms with Gasteiger partial charge in [0.2, 0.25) is 0 Å². The van der Waals surface area contributed by atoms with Crippen LogP contribution in [0, 0.1) is 5.92 Å². The van der Waals surface area contributed by atoms with Crippen molar-refractivity contribution < 1.29 is 0 Å². The molecule has 2 aliphatic rings. The average Bonchev–Trinajstić information content (AvgIpc) is 2.49. The monoisotopic (exact) mass is 108 g/mol. The van der Waals surface area contributed by atoms with E-state index in [-0.39, 0.29) is 0 Å². The molecule has 42 valence electrons. The number of hydrogen-bond acceptors (Lipinski definition) is 2. The van der Waals surface area contributed by atoms with E-state index in [2.05, 4.69) is 9.98 Å². The highest BCUT2D eigenvalue weighted by atomic mass is 15.0. The molecular weight excluding hydrogens is 100 g/mol. The first-order chi connectivity index (χ1) is 3.97. The molecule has 0 aromatic heterocycles. The van der Waals surface area contributed by atoms with Crippen LogP contribution in [-0.2, 0) is 0 Å². The third-order valence-corrected chi connectivity index (χ3v) is 1.59. The molecule has 2 heteroatoms. The smallest absolute Gasteiger partial charge is 0.142 e. The van der Waals surface area contributed by atoms with Crippen LogP contribution >= 0.6 is 0 Å². The van der Waals surface area contributed by atoms with Gasteiger partial charge in [-0.3, -0.25) is 9.98 Å². The normalized spacial score (nSPS) is 27.5. The molecule has 0 bridgehead atoms. The first-order valence-electron chi connectivity index (χ1n) is 3.02. The van der Waals surface area contributed by atoms with Gasteiger partial charge in [-0.2, -0.15) is 0 Å². The third kappa shape index (κ3) is 0.565. The molecule has 0 aromatic rings. The summed E-state index contributed by atoms with van der Waals surface area (Å²) in [6.07, 6.45) is 6.57. The van der Waals surface area contributed by atoms with E-state index in [9.17, 15) is 0 Å². The van der Waals surface area contributed by atoms with Crippen LogP contribution in [0.5, 0.6) is 0 Å². The first-order valence-corrected chi connectivity index (χ1v) is 3.02. The second-order valence-electron chi connectivity index (χ2n) is 2.35. The Labute approximate surface area is 48.3 Å². The average molecular weight is 108 g/mol. The van der Waals surface area contributed by atoms with Gasteiger partial charge in [-0.25, -0.2) is 0 Å². The van der Waals surface area contributed by atoms with E-state index in [0.717, 1.165) is 5.92 Å². The second kappa shape index (κ2) is 1.41. The van der Waals surface area contributed by atoms with Crippen LogP contribution in [0.3, 0.4) is 0 Å². The van der Waals surface area contributed by atoms with Crippen molar-refractivity contribution in [2.75, 3.05) is 0 Å². The van der Waals surface area contributed by atoms with Crippen LogP contribution in [0.25, 0.3) is 0 Å². The van der Waals surface area contributed by atoms with E-state index in [0.29, 0.717) is 6.17 Å². The lowest BCUT2D eigenvalue weighted by molar-refractivity contribution is 0.640. The summed E-state index contributed by atoms with van der Waals surface area (Å²) in [4.78, 5) is 8.30. The van der Waals surface area contributed by atoms with E-state index < -0.39 is 0 Å². The Hall–Kier alpha value is -0.660. The lowest BCUT2D eigenvalue weighted by atomic mass is 10.3. The molecule has 0 radical (unpaired) electrons. The van der Waals surface area contributed by atoms with Gasteiger partial charge in [-0.15, -0.1) is 0 Å². The van der Waals surface area contributed by atoms with E-state index >= 15 is 0 Å². The fourth-order valence-electron chi connectivity index (χ4n) is 0.930. The maximum absolute atomic E-state index is 4.15. The fourth-order valence-corrected chi connectivity index (χ4v) is 0.930. The Morgan fingerprint density at radius 1 is 1.12 bits per heavy atom. The highest BCUT2D eigenvalue weighted by Crippen LogP contribution is 2.35. The Morgan fingerprint density at radius 2 is 1.75 bits per heavy atom. The highest BCUT2D eigenvalue weighted by molar-refractivity contribution is 6.17. The molecule has 0 atom stereocenters. The zero-order chi connectivity index (χ0) is 5.40. The molecule has 0 spiro atoms. The van der Waals surface area contributed by atoms with Crippen molar-refractivity contribution >= 4 is 12.4 Å². The minimum absolute atomic E-state index is 0.315. The van der Waals surface area contributed by atoms with Crippen molar-refractivity contribution in [1.82, 2.24) is 0 Å². The molecule has 1 heterocycles. The van der Waals surface area contributed by atoms with Gasteiger partial charge in [0, 0.05) is 18.3 Å². The molecule has 8 heavy (non-hydrogen) atoms. The summed E-state index contributed by atoms with van der Waals surface area (Å²) < 4.78 is 0. The van der Waals surface area contributed by atoms with E-state index in [1.165, 1.54) is 12.8 Å². The molecule has 0 N–H and O–H groups in total. The molecule has 0 aromatic carbocycles. The van der Waals surface area contributed by atoms with Crippen LogP contribution in [0.15, 0.2) is 9.98 Å². The van der Waals surface area contributed by atoms with Gasteiger partial charge in [0.1, 0.15) is 6.17 Å². The van der Waals surface area contributed by atoms with Crippen molar-refractivity contribution in [1.29, 1.82) is 0 Å². The highest BCUT2D eigenvalue weighted by Gasteiger charge is 2.30. The first kappa shape index (κ1) is 4.24. The second-order valence-corrected chi connectivity index (χ2v) is 2.35. The number of rotatable bonds is 1. The Balaban J connectivity index is 2.06. The van der Waals surface area contributed by atoms with Crippen molar-refractivity contribution in [3.05, 3.63) is 0 Å². The molecule has 0 amide bonds. The summed E-state index contributed by atoms with van der Waals surface area (Å²) in [6, 6.07) is 0. The number of aliphatic imine (C=N–C) groups is 2. The third-order valence-electron chi connectivity index (χ3n) is 1.59. The maximum Gasteiger partial charge on any atom is 0.142 e. The summed E-state index contributed by atoms with van der Waals surface area (Å²) in [7, 11) is 0. The van der Waals surface area contributed by atoms with Crippen LogP contribution in [0.1, 0.15) is 12.8 Å². The topological polar surface area (TPSA) is 24.7 Å². The van der Waals surface area contributed by atoms with E-state index in [1.54, 1.807) is 12.4 Å². The van der Waals surface area contributed by atoms with E-state index in [1.807, 2.05) is 0 Å². The van der Waals surface area contributed by atoms with Crippen molar-refractivity contribution in [3.63, 3.8) is 0 Å². The molecule has 1 fully saturated rings. The summed E-state index contributed by atoms with van der Waals surface area (Å²) in [5.74, 6) is 0.796. The molecule has 1 aliphatic carbocycles. The van der Waals surface area contributed by atoms with Gasteiger partial charge >= 0.3 is 0 Å². The Kier molecular flexibility index (Phi) is 0.745. The molecule has 2 nitrogen and oxygen atoms in total. The number of hydrogen-bond donors (Lipinski definition) is 0. The van der Waals surface area contributed by atoms with Crippen LogP contribution in [0.4, 0.5) is 0 Å². The Morgan fingerprint density at radius 3 is 2.25 bits per heavy atom. The minimum atomic E-state index is 0.315. The summed E-state index contributed by atoms with van der Waals surface area (Å²) in [5.41, 5.74) is 0. The van der Waals surface area contributed by atoms with Gasteiger partial charge in [-0.05, 0) is 12.8 Å². The minimum Gasteiger partial charge on any atom is -0.265 e.